The second kappa shape index (κ2) is 6.89. The molecular weight excluding hydrogens is 306 g/mol. The molecule has 0 saturated carbocycles. The van der Waals surface area contributed by atoms with Gasteiger partial charge >= 0.3 is 0 Å². The Morgan fingerprint density at radius 3 is 2.17 bits per heavy atom. The second-order valence-electron chi connectivity index (χ2n) is 4.94. The fraction of sp³-hybridized carbons (Fsp3) is 0. The van der Waals surface area contributed by atoms with Crippen molar-refractivity contribution in [2.45, 2.75) is 0 Å². The normalized spacial score (nSPS) is 10.1. The first-order valence-corrected chi connectivity index (χ1v) is 7.54. The van der Waals surface area contributed by atoms with E-state index in [9.17, 15) is 4.79 Å². The lowest BCUT2D eigenvalue weighted by Crippen LogP contribution is -2.12. The predicted molar refractivity (Wildman–Crippen MR) is 95.7 cm³/mol. The molecule has 0 aliphatic heterocycles. The summed E-state index contributed by atoms with van der Waals surface area (Å²) in [6.45, 7) is 0. The predicted octanol–water partition coefficient (Wildman–Crippen LogP) is 4.74. The van der Waals surface area contributed by atoms with Crippen molar-refractivity contribution in [3.8, 4) is 0 Å². The van der Waals surface area contributed by atoms with Crippen LogP contribution in [0.3, 0.4) is 0 Å². The third-order valence-electron chi connectivity index (χ3n) is 3.27. The number of H-pyrrole nitrogens is 1. The average molecular weight is 321 g/mol. The lowest BCUT2D eigenvalue weighted by molar-refractivity contribution is 0.102. The molecule has 0 fully saturated rings. The van der Waals surface area contributed by atoms with Gasteiger partial charge in [-0.25, -0.2) is 0 Å². The summed E-state index contributed by atoms with van der Waals surface area (Å²) in [7, 11) is 0. The number of anilines is 3. The number of hydrogen-bond donors (Lipinski definition) is 3. The van der Waals surface area contributed by atoms with Gasteiger partial charge in [-0.15, -0.1) is 0 Å². The first kappa shape index (κ1) is 15.0. The van der Waals surface area contributed by atoms with Gasteiger partial charge in [-0.3, -0.25) is 4.79 Å². The van der Waals surface area contributed by atoms with Crippen LogP contribution in [0, 0.1) is 4.64 Å². The quantitative estimate of drug-likeness (QED) is 0.608. The smallest absolute Gasteiger partial charge is 0.258 e. The Morgan fingerprint density at radius 2 is 1.48 bits per heavy atom. The molecule has 1 amide bonds. The van der Waals surface area contributed by atoms with E-state index in [0.717, 1.165) is 11.4 Å². The molecule has 0 unspecified atom stereocenters. The molecule has 0 radical (unpaired) electrons. The number of amides is 1. The van der Waals surface area contributed by atoms with Crippen LogP contribution in [0.4, 0.5) is 17.1 Å². The number of benzene rings is 2. The molecule has 1 heterocycles. The largest absolute Gasteiger partial charge is 0.356 e. The van der Waals surface area contributed by atoms with E-state index >= 15 is 0 Å². The highest BCUT2D eigenvalue weighted by Crippen LogP contribution is 2.19. The molecule has 1 aromatic heterocycles. The number of hydrogen-bond acceptors (Lipinski definition) is 3. The summed E-state index contributed by atoms with van der Waals surface area (Å²) >= 11 is 5.11. The number of rotatable bonds is 4. The average Bonchev–Trinajstić information content (AvgIpc) is 2.58. The van der Waals surface area contributed by atoms with E-state index in [1.165, 1.54) is 0 Å². The minimum absolute atomic E-state index is 0.226. The van der Waals surface area contributed by atoms with E-state index in [-0.39, 0.29) is 5.91 Å². The van der Waals surface area contributed by atoms with Crippen molar-refractivity contribution >= 4 is 35.2 Å². The lowest BCUT2D eigenvalue weighted by atomic mass is 10.2. The number of carbonyl (C=O) groups is 1. The van der Waals surface area contributed by atoms with Gasteiger partial charge in [0.05, 0.1) is 5.56 Å². The zero-order chi connectivity index (χ0) is 16.1. The zero-order valence-corrected chi connectivity index (χ0v) is 13.1. The van der Waals surface area contributed by atoms with Gasteiger partial charge in [0, 0.05) is 23.3 Å². The number of para-hydroxylation sites is 1. The van der Waals surface area contributed by atoms with Gasteiger partial charge in [-0.2, -0.15) is 0 Å². The lowest BCUT2D eigenvalue weighted by Gasteiger charge is -2.08. The van der Waals surface area contributed by atoms with Crippen LogP contribution in [0.5, 0.6) is 0 Å². The Hall–Kier alpha value is -2.92. The van der Waals surface area contributed by atoms with Crippen molar-refractivity contribution in [2.24, 2.45) is 0 Å². The highest BCUT2D eigenvalue weighted by molar-refractivity contribution is 7.71. The van der Waals surface area contributed by atoms with Crippen molar-refractivity contribution < 1.29 is 4.79 Å². The summed E-state index contributed by atoms with van der Waals surface area (Å²) in [6.07, 6.45) is 1.70. The Morgan fingerprint density at radius 1 is 0.826 bits per heavy atom. The molecule has 3 rings (SSSR count). The summed E-state index contributed by atoms with van der Waals surface area (Å²) in [4.78, 5) is 15.0. The van der Waals surface area contributed by atoms with Gasteiger partial charge in [-0.05, 0) is 48.5 Å². The maximum atomic E-state index is 12.2. The van der Waals surface area contributed by atoms with Crippen LogP contribution in [0.25, 0.3) is 0 Å². The van der Waals surface area contributed by atoms with Gasteiger partial charge in [0.1, 0.15) is 4.64 Å². The van der Waals surface area contributed by atoms with Crippen LogP contribution in [-0.2, 0) is 0 Å². The SMILES string of the molecule is O=C(Nc1ccc(Nc2ccccc2)cc1)c1ccc[nH]c1=S. The Labute approximate surface area is 139 Å². The number of aromatic nitrogens is 1. The number of pyridine rings is 1. The minimum Gasteiger partial charge on any atom is -0.356 e. The van der Waals surface area contributed by atoms with E-state index in [1.54, 1.807) is 18.3 Å². The standard InChI is InChI=1S/C18H15N3OS/c22-17(16-7-4-12-19-18(16)23)21-15-10-8-14(9-11-15)20-13-5-2-1-3-6-13/h1-12,20H,(H,19,23)(H,21,22). The molecule has 3 N–H and O–H groups in total. The van der Waals surface area contributed by atoms with E-state index in [0.29, 0.717) is 15.9 Å². The molecule has 0 aliphatic rings. The summed E-state index contributed by atoms with van der Waals surface area (Å²) < 4.78 is 0.423. The third-order valence-corrected chi connectivity index (χ3v) is 3.61. The van der Waals surface area contributed by atoms with Crippen LogP contribution in [0.1, 0.15) is 10.4 Å². The number of carbonyl (C=O) groups excluding carboxylic acids is 1. The zero-order valence-electron chi connectivity index (χ0n) is 12.2. The number of aromatic amines is 1. The summed E-state index contributed by atoms with van der Waals surface area (Å²) in [6, 6.07) is 20.9. The maximum Gasteiger partial charge on any atom is 0.258 e. The van der Waals surface area contributed by atoms with Crippen LogP contribution < -0.4 is 10.6 Å². The highest BCUT2D eigenvalue weighted by Gasteiger charge is 2.07. The molecule has 4 nitrogen and oxygen atoms in total. The maximum absolute atomic E-state index is 12.2. The van der Waals surface area contributed by atoms with Gasteiger partial charge in [0.2, 0.25) is 0 Å². The van der Waals surface area contributed by atoms with E-state index in [1.807, 2.05) is 54.6 Å². The fourth-order valence-electron chi connectivity index (χ4n) is 2.12. The molecule has 5 heteroatoms. The fourth-order valence-corrected chi connectivity index (χ4v) is 2.35. The first-order chi connectivity index (χ1) is 11.2. The molecule has 0 atom stereocenters. The van der Waals surface area contributed by atoms with Gasteiger partial charge in [0.25, 0.3) is 5.91 Å². The van der Waals surface area contributed by atoms with Crippen LogP contribution in [-0.4, -0.2) is 10.9 Å². The molecular formula is C18H15N3OS. The monoisotopic (exact) mass is 321 g/mol. The molecule has 114 valence electrons. The van der Waals surface area contributed by atoms with Gasteiger partial charge in [-0.1, -0.05) is 30.4 Å². The summed E-state index contributed by atoms with van der Waals surface area (Å²) in [5, 5.41) is 6.13. The Kier molecular flexibility index (Phi) is 4.49. The van der Waals surface area contributed by atoms with E-state index in [4.69, 9.17) is 12.2 Å². The van der Waals surface area contributed by atoms with Crippen molar-refractivity contribution in [3.05, 3.63) is 83.1 Å². The summed E-state index contributed by atoms with van der Waals surface area (Å²) in [5.74, 6) is -0.226. The van der Waals surface area contributed by atoms with E-state index < -0.39 is 0 Å². The van der Waals surface area contributed by atoms with Gasteiger partial charge < -0.3 is 15.6 Å². The van der Waals surface area contributed by atoms with E-state index in [2.05, 4.69) is 15.6 Å². The van der Waals surface area contributed by atoms with Crippen molar-refractivity contribution in [1.82, 2.24) is 4.98 Å². The van der Waals surface area contributed by atoms with Crippen molar-refractivity contribution in [3.63, 3.8) is 0 Å². The third kappa shape index (κ3) is 3.84. The van der Waals surface area contributed by atoms with Crippen LogP contribution in [0.15, 0.2) is 72.9 Å². The highest BCUT2D eigenvalue weighted by atomic mass is 32.1. The number of nitrogens with one attached hydrogen (secondary N) is 3. The molecule has 0 spiro atoms. The molecule has 0 bridgehead atoms. The van der Waals surface area contributed by atoms with Crippen molar-refractivity contribution in [2.75, 3.05) is 10.6 Å². The molecule has 0 aliphatic carbocycles. The Balaban J connectivity index is 1.69. The molecule has 23 heavy (non-hydrogen) atoms. The first-order valence-electron chi connectivity index (χ1n) is 7.13. The topological polar surface area (TPSA) is 56.9 Å². The Bertz CT molecular complexity index is 857. The second-order valence-corrected chi connectivity index (χ2v) is 5.34. The van der Waals surface area contributed by atoms with Crippen LogP contribution >= 0.6 is 12.2 Å². The minimum atomic E-state index is -0.226. The van der Waals surface area contributed by atoms with Crippen LogP contribution in [0.2, 0.25) is 0 Å². The molecule has 2 aromatic carbocycles. The van der Waals surface area contributed by atoms with Crippen molar-refractivity contribution in [1.29, 1.82) is 0 Å². The summed E-state index contributed by atoms with van der Waals surface area (Å²) in [5.41, 5.74) is 3.13. The molecule has 0 saturated heterocycles. The molecule has 3 aromatic rings. The van der Waals surface area contributed by atoms with Gasteiger partial charge in [0.15, 0.2) is 0 Å².